The number of methoxy groups -OCH3 is 4. The van der Waals surface area contributed by atoms with Gasteiger partial charge in [0.2, 0.25) is 0 Å². The third kappa shape index (κ3) is 12.4. The standard InChI is InChI=1S/C79H84N2O8/c1-55-17-22-60(23-18-55)81-76-16-12-11-15-69(76)71-51-59(21-32-77(71)81)64-29-24-61(52-70(64)58-13-9-8-10-14-58)80(62-25-30-67-65-27-19-56(2)49-72(65)78(74(67)53-62,33-37-86-45-41-82-4)34-38-87-46-42-83-5)63-26-31-68-66-28-20-57(3)50-73(66)79(75(68)54-63,35-39-88-47-43-84-6)36-40-89-48-44-85-7/h8-32,49-54H,33-48H2,1-7H3. The van der Waals surface area contributed by atoms with E-state index in [9.17, 15) is 0 Å². The Morgan fingerprint density at radius 2 is 0.730 bits per heavy atom. The van der Waals surface area contributed by atoms with Crippen molar-refractivity contribution in [2.24, 2.45) is 0 Å². The Labute approximate surface area is 525 Å². The lowest BCUT2D eigenvalue weighted by molar-refractivity contribution is 0.0490. The largest absolute Gasteiger partial charge is 0.382 e. The summed E-state index contributed by atoms with van der Waals surface area (Å²) in [7, 11) is 6.90. The average molecular weight is 1190 g/mol. The second-order valence-corrected chi connectivity index (χ2v) is 24.0. The molecule has 0 fully saturated rings. The van der Waals surface area contributed by atoms with E-state index >= 15 is 0 Å². The third-order valence-electron chi connectivity index (χ3n) is 18.6. The SMILES string of the molecule is COCCOCCC1(CCOCCOC)c2cc(C)ccc2-c2ccc(N(c3ccc(-c4ccc5c(c4)c4ccccc4n5-c4ccc(C)cc4)c(-c4ccccc4)c3)c3ccc4c(c3)C(CCOCCOC)(CCOCCOC)c3cc(C)ccc3-4)cc21. The van der Waals surface area contributed by atoms with Crippen molar-refractivity contribution in [1.82, 2.24) is 4.57 Å². The Bertz CT molecular complexity index is 3890. The van der Waals surface area contributed by atoms with Gasteiger partial charge in [0, 0.05) is 99.2 Å². The van der Waals surface area contributed by atoms with Gasteiger partial charge in [-0.1, -0.05) is 138 Å². The molecule has 0 N–H and O–H groups in total. The van der Waals surface area contributed by atoms with Gasteiger partial charge in [-0.2, -0.15) is 0 Å². The van der Waals surface area contributed by atoms with E-state index in [2.05, 4.69) is 218 Å². The highest BCUT2D eigenvalue weighted by molar-refractivity contribution is 6.11. The summed E-state index contributed by atoms with van der Waals surface area (Å²) in [6.45, 7) is 13.0. The van der Waals surface area contributed by atoms with Gasteiger partial charge >= 0.3 is 0 Å². The first kappa shape index (κ1) is 61.5. The van der Waals surface area contributed by atoms with Crippen LogP contribution >= 0.6 is 0 Å². The Balaban J connectivity index is 1.07. The van der Waals surface area contributed by atoms with Gasteiger partial charge in [-0.25, -0.2) is 0 Å². The molecule has 2 aliphatic rings. The van der Waals surface area contributed by atoms with Gasteiger partial charge in [0.05, 0.1) is 63.9 Å². The lowest BCUT2D eigenvalue weighted by atomic mass is 9.72. The van der Waals surface area contributed by atoms with Crippen LogP contribution in [0.25, 0.3) is 72.0 Å². The minimum absolute atomic E-state index is 0.434. The summed E-state index contributed by atoms with van der Waals surface area (Å²) in [5.74, 6) is 0. The van der Waals surface area contributed by atoms with E-state index in [-0.39, 0.29) is 0 Å². The fraction of sp³-hybridized carbons (Fsp3) is 0.316. The van der Waals surface area contributed by atoms with Crippen LogP contribution in [-0.2, 0) is 48.7 Å². The van der Waals surface area contributed by atoms with Crippen LogP contribution in [0.15, 0.2) is 188 Å². The number of anilines is 3. The Hall–Kier alpha value is -7.74. The number of aromatic nitrogens is 1. The Kier molecular flexibility index (Phi) is 19.3. The van der Waals surface area contributed by atoms with E-state index in [0.717, 1.165) is 70.7 Å². The second kappa shape index (κ2) is 28.0. The highest BCUT2D eigenvalue weighted by atomic mass is 16.5. The number of hydrogen-bond acceptors (Lipinski definition) is 9. The number of rotatable bonds is 30. The third-order valence-corrected chi connectivity index (χ3v) is 18.6. The molecule has 1 aromatic heterocycles. The zero-order valence-corrected chi connectivity index (χ0v) is 52.9. The minimum atomic E-state index is -0.434. The van der Waals surface area contributed by atoms with Crippen molar-refractivity contribution in [2.75, 3.05) is 113 Å². The predicted molar refractivity (Wildman–Crippen MR) is 362 cm³/mol. The van der Waals surface area contributed by atoms with Gasteiger partial charge in [-0.15, -0.1) is 0 Å². The molecule has 0 amide bonds. The smallest absolute Gasteiger partial charge is 0.0700 e. The molecular formula is C79H84N2O8. The van der Waals surface area contributed by atoms with Crippen LogP contribution in [0.2, 0.25) is 0 Å². The van der Waals surface area contributed by atoms with Gasteiger partial charge in [-0.3, -0.25) is 0 Å². The van der Waals surface area contributed by atoms with E-state index in [1.807, 2.05) is 0 Å². The van der Waals surface area contributed by atoms with Crippen LogP contribution in [0.5, 0.6) is 0 Å². The number of aryl methyl sites for hydroxylation is 3. The molecule has 0 spiro atoms. The molecule has 1 heterocycles. The first-order valence-electron chi connectivity index (χ1n) is 31.6. The van der Waals surface area contributed by atoms with E-state index in [1.165, 1.54) is 83.0 Å². The van der Waals surface area contributed by atoms with Gasteiger partial charge in [0.25, 0.3) is 0 Å². The molecule has 0 radical (unpaired) electrons. The topological polar surface area (TPSA) is 82.0 Å². The summed E-state index contributed by atoms with van der Waals surface area (Å²) in [4.78, 5) is 2.50. The average Bonchev–Trinajstić information content (AvgIpc) is 1.60. The molecule has 89 heavy (non-hydrogen) atoms. The molecule has 2 aliphatic carbocycles. The molecule has 458 valence electrons. The molecule has 10 heteroatoms. The van der Waals surface area contributed by atoms with Gasteiger partial charge in [0.1, 0.15) is 0 Å². The van der Waals surface area contributed by atoms with Crippen molar-refractivity contribution in [3.63, 3.8) is 0 Å². The van der Waals surface area contributed by atoms with Crippen molar-refractivity contribution in [3.05, 3.63) is 227 Å². The highest BCUT2D eigenvalue weighted by Gasteiger charge is 2.45. The summed E-state index contributed by atoms with van der Waals surface area (Å²) in [6.07, 6.45) is 3.04. The molecule has 0 saturated carbocycles. The predicted octanol–water partition coefficient (Wildman–Crippen LogP) is 17.3. The molecule has 10 nitrogen and oxygen atoms in total. The zero-order valence-electron chi connectivity index (χ0n) is 52.9. The van der Waals surface area contributed by atoms with Crippen LogP contribution in [0.4, 0.5) is 17.1 Å². The summed E-state index contributed by atoms with van der Waals surface area (Å²) in [6, 6.07) is 70.9. The maximum Gasteiger partial charge on any atom is 0.0700 e. The van der Waals surface area contributed by atoms with Gasteiger partial charge < -0.3 is 47.4 Å². The molecule has 0 saturated heterocycles. The summed E-state index contributed by atoms with van der Waals surface area (Å²) >= 11 is 0. The Morgan fingerprint density at radius 1 is 0.315 bits per heavy atom. The summed E-state index contributed by atoms with van der Waals surface area (Å²) < 4.78 is 49.9. The first-order chi connectivity index (χ1) is 43.7. The second-order valence-electron chi connectivity index (χ2n) is 24.0. The van der Waals surface area contributed by atoms with Crippen LogP contribution in [-0.4, -0.2) is 112 Å². The van der Waals surface area contributed by atoms with Crippen LogP contribution < -0.4 is 4.90 Å². The molecule has 12 rings (SSSR count). The van der Waals surface area contributed by atoms with Gasteiger partial charge in [-0.05, 0) is 180 Å². The number of fused-ring (bicyclic) bond motifs is 9. The lowest BCUT2D eigenvalue weighted by Crippen LogP contribution is -2.30. The van der Waals surface area contributed by atoms with E-state index in [1.54, 1.807) is 28.4 Å². The Morgan fingerprint density at radius 3 is 1.22 bits per heavy atom. The number of hydrogen-bond donors (Lipinski definition) is 0. The van der Waals surface area contributed by atoms with Crippen molar-refractivity contribution >= 4 is 38.9 Å². The monoisotopic (exact) mass is 1190 g/mol. The summed E-state index contributed by atoms with van der Waals surface area (Å²) in [5.41, 5.74) is 24.1. The molecule has 0 aliphatic heterocycles. The molecule has 10 aromatic rings. The van der Waals surface area contributed by atoms with E-state index in [4.69, 9.17) is 37.9 Å². The van der Waals surface area contributed by atoms with Gasteiger partial charge in [0.15, 0.2) is 0 Å². The number of benzene rings is 9. The quantitative estimate of drug-likeness (QED) is 0.0409. The van der Waals surface area contributed by atoms with Crippen molar-refractivity contribution in [1.29, 1.82) is 0 Å². The number of para-hydroxylation sites is 1. The summed E-state index contributed by atoms with van der Waals surface area (Å²) in [5, 5.41) is 2.43. The molecular weight excluding hydrogens is 1100 g/mol. The van der Waals surface area contributed by atoms with Crippen molar-refractivity contribution < 1.29 is 37.9 Å². The van der Waals surface area contributed by atoms with Crippen LogP contribution in [0.1, 0.15) is 64.6 Å². The molecule has 0 bridgehead atoms. The number of ether oxygens (including phenoxy) is 8. The fourth-order valence-electron chi connectivity index (χ4n) is 14.1. The highest BCUT2D eigenvalue weighted by Crippen LogP contribution is 2.57. The van der Waals surface area contributed by atoms with E-state index in [0.29, 0.717) is 79.3 Å². The minimum Gasteiger partial charge on any atom is -0.382 e. The fourth-order valence-corrected chi connectivity index (χ4v) is 14.1. The maximum absolute atomic E-state index is 6.42. The molecule has 9 aromatic carbocycles. The normalized spacial score (nSPS) is 13.5. The molecule has 0 atom stereocenters. The van der Waals surface area contributed by atoms with Crippen LogP contribution in [0.3, 0.4) is 0 Å². The van der Waals surface area contributed by atoms with Crippen molar-refractivity contribution in [2.45, 2.75) is 57.3 Å². The zero-order chi connectivity index (χ0) is 61.3. The maximum atomic E-state index is 6.42. The number of nitrogens with zero attached hydrogens (tertiary/aromatic N) is 2. The van der Waals surface area contributed by atoms with Crippen LogP contribution in [0, 0.1) is 20.8 Å². The first-order valence-corrected chi connectivity index (χ1v) is 31.6. The van der Waals surface area contributed by atoms with Crippen molar-refractivity contribution in [3.8, 4) is 50.2 Å². The molecule has 0 unspecified atom stereocenters. The van der Waals surface area contributed by atoms with E-state index < -0.39 is 10.8 Å². The lowest BCUT2D eigenvalue weighted by Gasteiger charge is -2.35.